The molecule has 1 aromatic carbocycles. The van der Waals surface area contributed by atoms with Gasteiger partial charge in [0.2, 0.25) is 5.88 Å². The van der Waals surface area contributed by atoms with Crippen molar-refractivity contribution in [3.05, 3.63) is 41.3 Å². The monoisotopic (exact) mass is 306 g/mol. The van der Waals surface area contributed by atoms with Gasteiger partial charge in [0, 0.05) is 11.5 Å². The van der Waals surface area contributed by atoms with E-state index in [1.165, 1.54) is 0 Å². The van der Waals surface area contributed by atoms with Gasteiger partial charge in [-0.3, -0.25) is 0 Å². The van der Waals surface area contributed by atoms with E-state index in [-0.39, 0.29) is 5.41 Å². The predicted octanol–water partition coefficient (Wildman–Crippen LogP) is 4.62. The van der Waals surface area contributed by atoms with E-state index in [0.717, 1.165) is 5.75 Å². The summed E-state index contributed by atoms with van der Waals surface area (Å²) < 4.78 is 11.1. The molecule has 0 atom stereocenters. The summed E-state index contributed by atoms with van der Waals surface area (Å²) in [4.78, 5) is 8.65. The molecule has 112 valence electrons. The first kappa shape index (κ1) is 15.6. The molecular formula is C16H19ClN2O2. The van der Waals surface area contributed by atoms with Crippen molar-refractivity contribution in [3.8, 4) is 17.4 Å². The second-order valence-electron chi connectivity index (χ2n) is 5.61. The van der Waals surface area contributed by atoms with Gasteiger partial charge in [0.05, 0.1) is 6.61 Å². The van der Waals surface area contributed by atoms with Gasteiger partial charge in [0.1, 0.15) is 22.5 Å². The van der Waals surface area contributed by atoms with Gasteiger partial charge in [0.15, 0.2) is 0 Å². The number of benzene rings is 1. The molecule has 0 amide bonds. The number of hydrogen-bond acceptors (Lipinski definition) is 4. The summed E-state index contributed by atoms with van der Waals surface area (Å²) in [5.74, 6) is 2.56. The van der Waals surface area contributed by atoms with Gasteiger partial charge in [-0.2, -0.15) is 4.98 Å². The van der Waals surface area contributed by atoms with Crippen LogP contribution in [0.25, 0.3) is 0 Å². The van der Waals surface area contributed by atoms with Gasteiger partial charge in [-0.1, -0.05) is 32.4 Å². The van der Waals surface area contributed by atoms with Crippen LogP contribution in [0.4, 0.5) is 0 Å². The lowest BCUT2D eigenvalue weighted by molar-refractivity contribution is 0.339. The summed E-state index contributed by atoms with van der Waals surface area (Å²) in [7, 11) is 0. The summed E-state index contributed by atoms with van der Waals surface area (Å²) >= 11 is 6.04. The van der Waals surface area contributed by atoms with Crippen LogP contribution in [0.5, 0.6) is 17.4 Å². The highest BCUT2D eigenvalue weighted by Crippen LogP contribution is 2.27. The van der Waals surface area contributed by atoms with E-state index in [2.05, 4.69) is 9.97 Å². The molecule has 21 heavy (non-hydrogen) atoms. The number of halogens is 1. The molecular weight excluding hydrogens is 288 g/mol. The smallest absolute Gasteiger partial charge is 0.224 e. The van der Waals surface area contributed by atoms with Gasteiger partial charge >= 0.3 is 0 Å². The summed E-state index contributed by atoms with van der Waals surface area (Å²) in [5, 5.41) is 0.371. The minimum Gasteiger partial charge on any atom is -0.494 e. The Morgan fingerprint density at radius 3 is 2.24 bits per heavy atom. The van der Waals surface area contributed by atoms with Crippen molar-refractivity contribution in [2.75, 3.05) is 6.61 Å². The Hall–Kier alpha value is -1.81. The predicted molar refractivity (Wildman–Crippen MR) is 83.4 cm³/mol. The zero-order chi connectivity index (χ0) is 15.5. The van der Waals surface area contributed by atoms with Crippen molar-refractivity contribution in [2.45, 2.75) is 33.1 Å². The molecule has 5 heteroatoms. The summed E-state index contributed by atoms with van der Waals surface area (Å²) in [5.41, 5.74) is -0.193. The third-order valence-corrected chi connectivity index (χ3v) is 2.89. The van der Waals surface area contributed by atoms with Crippen LogP contribution in [0.1, 0.15) is 33.5 Å². The quantitative estimate of drug-likeness (QED) is 0.773. The van der Waals surface area contributed by atoms with E-state index in [1.807, 2.05) is 52.0 Å². The maximum absolute atomic E-state index is 6.04. The molecule has 0 aliphatic carbocycles. The number of aromatic nitrogens is 2. The van der Waals surface area contributed by atoms with Crippen LogP contribution in [0.15, 0.2) is 30.3 Å². The maximum Gasteiger partial charge on any atom is 0.224 e. The lowest BCUT2D eigenvalue weighted by atomic mass is 9.96. The Bertz CT molecular complexity index is 607. The maximum atomic E-state index is 6.04. The van der Waals surface area contributed by atoms with Crippen LogP contribution in [0, 0.1) is 0 Å². The second-order valence-corrected chi connectivity index (χ2v) is 6.00. The minimum absolute atomic E-state index is 0.193. The Morgan fingerprint density at radius 1 is 1.05 bits per heavy atom. The van der Waals surface area contributed by atoms with E-state index in [9.17, 15) is 0 Å². The standard InChI is InChI=1S/C16H19ClN2O2/c1-5-20-11-6-8-12(9-7-11)21-14-10-13(17)18-15(19-14)16(2,3)4/h6-10H,5H2,1-4H3. The van der Waals surface area contributed by atoms with Crippen LogP contribution in [-0.2, 0) is 5.41 Å². The first-order valence-electron chi connectivity index (χ1n) is 6.84. The Morgan fingerprint density at radius 2 is 1.67 bits per heavy atom. The molecule has 0 fully saturated rings. The van der Waals surface area contributed by atoms with Gasteiger partial charge in [-0.15, -0.1) is 0 Å². The van der Waals surface area contributed by atoms with Crippen LogP contribution >= 0.6 is 11.6 Å². The van der Waals surface area contributed by atoms with Crippen molar-refractivity contribution in [1.29, 1.82) is 0 Å². The number of ether oxygens (including phenoxy) is 2. The van der Waals surface area contributed by atoms with Crippen molar-refractivity contribution in [3.63, 3.8) is 0 Å². The molecule has 2 aromatic rings. The molecule has 0 bridgehead atoms. The molecule has 1 aromatic heterocycles. The average Bonchev–Trinajstić information content (AvgIpc) is 2.40. The van der Waals surface area contributed by atoms with E-state index >= 15 is 0 Å². The van der Waals surface area contributed by atoms with Crippen molar-refractivity contribution < 1.29 is 9.47 Å². The van der Waals surface area contributed by atoms with Crippen molar-refractivity contribution in [1.82, 2.24) is 9.97 Å². The number of nitrogens with zero attached hydrogens (tertiary/aromatic N) is 2. The molecule has 0 radical (unpaired) electrons. The van der Waals surface area contributed by atoms with E-state index in [0.29, 0.717) is 29.2 Å². The highest BCUT2D eigenvalue weighted by molar-refractivity contribution is 6.29. The molecule has 0 unspecified atom stereocenters. The lowest BCUT2D eigenvalue weighted by Gasteiger charge is -2.17. The average molecular weight is 307 g/mol. The Labute approximate surface area is 130 Å². The van der Waals surface area contributed by atoms with Gasteiger partial charge in [-0.05, 0) is 31.2 Å². The first-order chi connectivity index (χ1) is 9.88. The van der Waals surface area contributed by atoms with Gasteiger partial charge in [0.25, 0.3) is 0 Å². The van der Waals surface area contributed by atoms with Crippen LogP contribution in [0.3, 0.4) is 0 Å². The van der Waals surface area contributed by atoms with Crippen molar-refractivity contribution in [2.24, 2.45) is 0 Å². The molecule has 0 N–H and O–H groups in total. The number of rotatable bonds is 4. The molecule has 0 saturated carbocycles. The molecule has 2 rings (SSSR count). The highest BCUT2D eigenvalue weighted by atomic mass is 35.5. The highest BCUT2D eigenvalue weighted by Gasteiger charge is 2.19. The third-order valence-electron chi connectivity index (χ3n) is 2.70. The van der Waals surface area contributed by atoms with E-state index < -0.39 is 0 Å². The molecule has 0 aliphatic heterocycles. The molecule has 0 saturated heterocycles. The van der Waals surface area contributed by atoms with E-state index in [4.69, 9.17) is 21.1 Å². The van der Waals surface area contributed by atoms with Crippen LogP contribution in [0.2, 0.25) is 5.15 Å². The molecule has 0 spiro atoms. The lowest BCUT2D eigenvalue weighted by Crippen LogP contribution is -2.16. The zero-order valence-corrected chi connectivity index (χ0v) is 13.4. The summed E-state index contributed by atoms with van der Waals surface area (Å²) in [6.07, 6.45) is 0. The fourth-order valence-corrected chi connectivity index (χ4v) is 1.85. The number of hydrogen-bond donors (Lipinski definition) is 0. The topological polar surface area (TPSA) is 44.2 Å². The largest absolute Gasteiger partial charge is 0.494 e. The summed E-state index contributed by atoms with van der Waals surface area (Å²) in [6.45, 7) is 8.66. The molecule has 1 heterocycles. The van der Waals surface area contributed by atoms with E-state index in [1.54, 1.807) is 6.07 Å². The van der Waals surface area contributed by atoms with Crippen LogP contribution in [-0.4, -0.2) is 16.6 Å². The SMILES string of the molecule is CCOc1ccc(Oc2cc(Cl)nc(C(C)(C)C)n2)cc1. The van der Waals surface area contributed by atoms with Gasteiger partial charge < -0.3 is 9.47 Å². The van der Waals surface area contributed by atoms with Crippen molar-refractivity contribution >= 4 is 11.6 Å². The fourth-order valence-electron chi connectivity index (χ4n) is 1.68. The van der Waals surface area contributed by atoms with Gasteiger partial charge in [-0.25, -0.2) is 4.98 Å². The zero-order valence-electron chi connectivity index (χ0n) is 12.7. The molecule has 4 nitrogen and oxygen atoms in total. The third kappa shape index (κ3) is 4.33. The minimum atomic E-state index is -0.193. The molecule has 0 aliphatic rings. The summed E-state index contributed by atoms with van der Waals surface area (Å²) in [6, 6.07) is 8.97. The van der Waals surface area contributed by atoms with Crippen LogP contribution < -0.4 is 9.47 Å². The Balaban J connectivity index is 2.21. The second kappa shape index (κ2) is 6.31. The first-order valence-corrected chi connectivity index (χ1v) is 7.22. The normalized spacial score (nSPS) is 11.3. The fraction of sp³-hybridized carbons (Fsp3) is 0.375. The Kier molecular flexibility index (Phi) is 4.68.